The third kappa shape index (κ3) is 4.02. The van der Waals surface area contributed by atoms with Crippen molar-refractivity contribution in [2.75, 3.05) is 7.11 Å². The first-order chi connectivity index (χ1) is 16.0. The maximum absolute atomic E-state index is 14.1. The summed E-state index contributed by atoms with van der Waals surface area (Å²) < 4.78 is 7.50. The Hall–Kier alpha value is -2.50. The molecular formula is C27H37N3O3. The highest BCUT2D eigenvalue weighted by Crippen LogP contribution is 2.38. The molecule has 0 radical (unpaired) electrons. The number of nitrogens with zero attached hydrogens (tertiary/aromatic N) is 2. The molecule has 2 saturated carbocycles. The maximum Gasteiger partial charge on any atom is 0.271 e. The van der Waals surface area contributed by atoms with Crippen LogP contribution in [0.4, 0.5) is 0 Å². The van der Waals surface area contributed by atoms with Crippen molar-refractivity contribution in [2.24, 2.45) is 0 Å². The van der Waals surface area contributed by atoms with Gasteiger partial charge in [0.1, 0.15) is 17.0 Å². The third-order valence-electron chi connectivity index (χ3n) is 8.17. The van der Waals surface area contributed by atoms with Gasteiger partial charge < -0.3 is 19.5 Å². The van der Waals surface area contributed by atoms with Crippen LogP contribution in [0, 0.1) is 0 Å². The molecule has 1 aromatic heterocycles. The zero-order chi connectivity index (χ0) is 23.0. The fraction of sp³-hybridized carbons (Fsp3) is 0.630. The number of nitrogens with one attached hydrogen (secondary N) is 1. The molecule has 1 aliphatic heterocycles. The summed E-state index contributed by atoms with van der Waals surface area (Å²) in [6, 6.07) is 8.23. The largest absolute Gasteiger partial charge is 0.497 e. The van der Waals surface area contributed by atoms with Gasteiger partial charge in [-0.05, 0) is 50.8 Å². The van der Waals surface area contributed by atoms with Crippen molar-refractivity contribution in [2.45, 2.75) is 102 Å². The molecule has 33 heavy (non-hydrogen) atoms. The lowest BCUT2D eigenvalue weighted by Crippen LogP contribution is -2.67. The fourth-order valence-corrected chi connectivity index (χ4v) is 6.29. The number of benzene rings is 1. The summed E-state index contributed by atoms with van der Waals surface area (Å²) in [7, 11) is 1.65. The molecule has 178 valence electrons. The molecule has 0 saturated heterocycles. The van der Waals surface area contributed by atoms with E-state index in [0.29, 0.717) is 12.2 Å². The second kappa shape index (κ2) is 9.03. The smallest absolute Gasteiger partial charge is 0.271 e. The number of fused-ring (bicyclic) bond motifs is 3. The van der Waals surface area contributed by atoms with Gasteiger partial charge in [0.05, 0.1) is 19.2 Å². The number of methoxy groups -OCH3 is 1. The van der Waals surface area contributed by atoms with Crippen LogP contribution in [0.2, 0.25) is 0 Å². The molecule has 1 atom stereocenters. The van der Waals surface area contributed by atoms with Crippen molar-refractivity contribution in [1.29, 1.82) is 0 Å². The second-order valence-corrected chi connectivity index (χ2v) is 10.4. The van der Waals surface area contributed by atoms with Crippen molar-refractivity contribution in [3.05, 3.63) is 30.0 Å². The SMILES string of the molecule is COc1ccc2cc3n(c2c1)C[C@](C)(C(=O)NC1CCCCC1)N(C1CCCCCC1)C3=O. The van der Waals surface area contributed by atoms with E-state index in [9.17, 15) is 9.59 Å². The number of carbonyl (C=O) groups is 2. The minimum Gasteiger partial charge on any atom is -0.497 e. The summed E-state index contributed by atoms with van der Waals surface area (Å²) in [5.41, 5.74) is 0.728. The lowest BCUT2D eigenvalue weighted by Gasteiger charge is -2.48. The van der Waals surface area contributed by atoms with Gasteiger partial charge in [-0.2, -0.15) is 0 Å². The highest BCUT2D eigenvalue weighted by atomic mass is 16.5. The van der Waals surface area contributed by atoms with Crippen molar-refractivity contribution < 1.29 is 14.3 Å². The second-order valence-electron chi connectivity index (χ2n) is 10.4. The molecule has 0 bridgehead atoms. The van der Waals surface area contributed by atoms with Gasteiger partial charge in [-0.3, -0.25) is 9.59 Å². The topological polar surface area (TPSA) is 63.6 Å². The van der Waals surface area contributed by atoms with Gasteiger partial charge in [-0.25, -0.2) is 0 Å². The Balaban J connectivity index is 1.56. The van der Waals surface area contributed by atoms with E-state index in [-0.39, 0.29) is 23.9 Å². The molecular weight excluding hydrogens is 414 g/mol. The van der Waals surface area contributed by atoms with E-state index in [4.69, 9.17) is 4.74 Å². The molecule has 1 aromatic carbocycles. The van der Waals surface area contributed by atoms with Gasteiger partial charge in [0.15, 0.2) is 0 Å². The maximum atomic E-state index is 14.1. The number of amides is 2. The normalized spacial score (nSPS) is 25.0. The minimum absolute atomic E-state index is 0.00222. The molecule has 2 heterocycles. The van der Waals surface area contributed by atoms with E-state index < -0.39 is 5.54 Å². The fourth-order valence-electron chi connectivity index (χ4n) is 6.29. The Morgan fingerprint density at radius 2 is 1.67 bits per heavy atom. The van der Waals surface area contributed by atoms with Crippen LogP contribution in [-0.2, 0) is 11.3 Å². The summed E-state index contributed by atoms with van der Waals surface area (Å²) in [5.74, 6) is 0.752. The van der Waals surface area contributed by atoms with Crippen molar-refractivity contribution in [3.8, 4) is 5.75 Å². The first-order valence-corrected chi connectivity index (χ1v) is 12.8. The monoisotopic (exact) mass is 451 g/mol. The van der Waals surface area contributed by atoms with Crippen molar-refractivity contribution in [3.63, 3.8) is 0 Å². The van der Waals surface area contributed by atoms with Crippen LogP contribution in [0.5, 0.6) is 5.75 Å². The van der Waals surface area contributed by atoms with Gasteiger partial charge in [-0.15, -0.1) is 0 Å². The van der Waals surface area contributed by atoms with E-state index >= 15 is 0 Å². The summed E-state index contributed by atoms with van der Waals surface area (Å²) in [5, 5.41) is 4.37. The zero-order valence-corrected chi connectivity index (χ0v) is 20.1. The van der Waals surface area contributed by atoms with Gasteiger partial charge >= 0.3 is 0 Å². The summed E-state index contributed by atoms with van der Waals surface area (Å²) in [6.07, 6.45) is 12.3. The first-order valence-electron chi connectivity index (χ1n) is 12.8. The summed E-state index contributed by atoms with van der Waals surface area (Å²) in [4.78, 5) is 30.0. The van der Waals surface area contributed by atoms with E-state index in [1.54, 1.807) is 7.11 Å². The van der Waals surface area contributed by atoms with E-state index in [2.05, 4.69) is 5.32 Å². The average molecular weight is 452 g/mol. The van der Waals surface area contributed by atoms with Crippen LogP contribution in [0.15, 0.2) is 24.3 Å². The Morgan fingerprint density at radius 3 is 2.36 bits per heavy atom. The summed E-state index contributed by atoms with van der Waals surface area (Å²) >= 11 is 0. The zero-order valence-electron chi connectivity index (χ0n) is 20.1. The lowest BCUT2D eigenvalue weighted by atomic mass is 9.89. The van der Waals surface area contributed by atoms with Crippen molar-refractivity contribution in [1.82, 2.24) is 14.8 Å². The van der Waals surface area contributed by atoms with Crippen LogP contribution >= 0.6 is 0 Å². The number of hydrogen-bond donors (Lipinski definition) is 1. The first kappa shape index (κ1) is 22.3. The van der Waals surface area contributed by atoms with Crippen LogP contribution < -0.4 is 10.1 Å². The minimum atomic E-state index is -0.911. The molecule has 2 amide bonds. The number of carbonyl (C=O) groups excluding carboxylic acids is 2. The predicted octanol–water partition coefficient (Wildman–Crippen LogP) is 5.04. The van der Waals surface area contributed by atoms with E-state index in [1.807, 2.05) is 40.7 Å². The number of ether oxygens (including phenoxy) is 1. The molecule has 3 aliphatic rings. The Kier molecular flexibility index (Phi) is 6.11. The molecule has 2 aromatic rings. The lowest BCUT2D eigenvalue weighted by molar-refractivity contribution is -0.135. The van der Waals surface area contributed by atoms with E-state index in [1.165, 1.54) is 32.1 Å². The molecule has 0 unspecified atom stereocenters. The third-order valence-corrected chi connectivity index (χ3v) is 8.17. The highest BCUT2D eigenvalue weighted by molar-refractivity contribution is 6.04. The van der Waals surface area contributed by atoms with Crippen LogP contribution in [0.3, 0.4) is 0 Å². The Bertz CT molecular complexity index is 1030. The average Bonchev–Trinajstić information content (AvgIpc) is 2.98. The molecule has 0 spiro atoms. The molecule has 2 aliphatic carbocycles. The van der Waals surface area contributed by atoms with Crippen LogP contribution in [-0.4, -0.2) is 46.0 Å². The van der Waals surface area contributed by atoms with Crippen LogP contribution in [0.25, 0.3) is 10.9 Å². The predicted molar refractivity (Wildman–Crippen MR) is 130 cm³/mol. The van der Waals surface area contributed by atoms with Gasteiger partial charge in [0.25, 0.3) is 5.91 Å². The van der Waals surface area contributed by atoms with Gasteiger partial charge in [0.2, 0.25) is 5.91 Å². The molecule has 1 N–H and O–H groups in total. The number of hydrogen-bond acceptors (Lipinski definition) is 3. The highest BCUT2D eigenvalue weighted by Gasteiger charge is 2.50. The van der Waals surface area contributed by atoms with E-state index in [0.717, 1.165) is 55.2 Å². The quantitative estimate of drug-likeness (QED) is 0.663. The number of aromatic nitrogens is 1. The Morgan fingerprint density at radius 1 is 1.00 bits per heavy atom. The Labute approximate surface area is 196 Å². The molecule has 5 rings (SSSR count). The molecule has 6 nitrogen and oxygen atoms in total. The van der Waals surface area contributed by atoms with Gasteiger partial charge in [0, 0.05) is 23.5 Å². The van der Waals surface area contributed by atoms with Gasteiger partial charge in [-0.1, -0.05) is 44.9 Å². The molecule has 6 heteroatoms. The van der Waals surface area contributed by atoms with Crippen molar-refractivity contribution >= 4 is 22.7 Å². The summed E-state index contributed by atoms with van der Waals surface area (Å²) in [6.45, 7) is 2.46. The standard InChI is InChI=1S/C27H37N3O3/c1-27(26(32)28-20-10-6-5-7-11-20)18-29-23-17-22(33-2)15-14-19(23)16-24(29)25(31)30(27)21-12-8-3-4-9-13-21/h14-17,20-21H,3-13,18H2,1-2H3,(H,28,32)/t27-/m1/s1. The molecule has 2 fully saturated rings. The van der Waals surface area contributed by atoms with Crippen LogP contribution in [0.1, 0.15) is 88.0 Å². The number of rotatable bonds is 4.